The fourth-order valence-corrected chi connectivity index (χ4v) is 5.43. The van der Waals surface area contributed by atoms with E-state index in [-0.39, 0.29) is 18.1 Å². The lowest BCUT2D eigenvalue weighted by Crippen LogP contribution is -2.10. The normalized spacial score (nSPS) is 15.2. The molecule has 2 aromatic carbocycles. The number of hydrogen-bond donors (Lipinski definition) is 1. The van der Waals surface area contributed by atoms with E-state index < -0.39 is 15.8 Å². The minimum absolute atomic E-state index is 0.133. The molecule has 1 aromatic heterocycles. The fraction of sp³-hybridized carbons (Fsp3) is 0.250. The van der Waals surface area contributed by atoms with E-state index >= 15 is 0 Å². The lowest BCUT2D eigenvalue weighted by molar-refractivity contribution is -0.137. The Kier molecular flexibility index (Phi) is 4.07. The number of benzene rings is 2. The minimum atomic E-state index is -3.17. The van der Waals surface area contributed by atoms with Crippen LogP contribution < -0.4 is 0 Å². The van der Waals surface area contributed by atoms with Crippen molar-refractivity contribution in [2.75, 3.05) is 5.75 Å². The SMILES string of the molecule is Cc1c(Cc2ccc3c(c2)CCS3(=O)=O)c2cc(F)ccc2n1CC(=O)O. The van der Waals surface area contributed by atoms with E-state index in [0.29, 0.717) is 28.6 Å². The van der Waals surface area contributed by atoms with Crippen molar-refractivity contribution in [3.05, 3.63) is 64.6 Å². The molecule has 0 bridgehead atoms. The second-order valence-electron chi connectivity index (χ2n) is 6.89. The van der Waals surface area contributed by atoms with Crippen molar-refractivity contribution in [1.82, 2.24) is 4.57 Å². The molecule has 4 rings (SSSR count). The zero-order valence-corrected chi connectivity index (χ0v) is 15.5. The van der Waals surface area contributed by atoms with Gasteiger partial charge in [-0.2, -0.15) is 0 Å². The summed E-state index contributed by atoms with van der Waals surface area (Å²) in [5, 5.41) is 9.89. The molecule has 140 valence electrons. The van der Waals surface area contributed by atoms with Crippen molar-refractivity contribution in [2.24, 2.45) is 0 Å². The summed E-state index contributed by atoms with van der Waals surface area (Å²) in [6, 6.07) is 9.65. The largest absolute Gasteiger partial charge is 0.480 e. The average Bonchev–Trinajstić information content (AvgIpc) is 3.03. The number of carboxylic acids is 1. The van der Waals surface area contributed by atoms with Crippen LogP contribution in [0.15, 0.2) is 41.3 Å². The van der Waals surface area contributed by atoms with E-state index in [1.165, 1.54) is 12.1 Å². The monoisotopic (exact) mass is 387 g/mol. The average molecular weight is 387 g/mol. The van der Waals surface area contributed by atoms with Crippen LogP contribution in [0.4, 0.5) is 4.39 Å². The number of carboxylic acid groups (broad SMARTS) is 1. The number of sulfone groups is 1. The van der Waals surface area contributed by atoms with Crippen molar-refractivity contribution in [2.45, 2.75) is 31.2 Å². The topological polar surface area (TPSA) is 76.4 Å². The summed E-state index contributed by atoms with van der Waals surface area (Å²) >= 11 is 0. The summed E-state index contributed by atoms with van der Waals surface area (Å²) in [6.45, 7) is 1.63. The van der Waals surface area contributed by atoms with E-state index in [9.17, 15) is 22.7 Å². The zero-order chi connectivity index (χ0) is 19.3. The van der Waals surface area contributed by atoms with Crippen LogP contribution in [0.25, 0.3) is 10.9 Å². The van der Waals surface area contributed by atoms with Crippen LogP contribution in [0.3, 0.4) is 0 Å². The second-order valence-corrected chi connectivity index (χ2v) is 8.97. The highest BCUT2D eigenvalue weighted by molar-refractivity contribution is 7.91. The Morgan fingerprint density at radius 1 is 1.22 bits per heavy atom. The smallest absolute Gasteiger partial charge is 0.323 e. The van der Waals surface area contributed by atoms with E-state index in [4.69, 9.17) is 0 Å². The zero-order valence-electron chi connectivity index (χ0n) is 14.7. The van der Waals surface area contributed by atoms with Crippen LogP contribution in [0.5, 0.6) is 0 Å². The third-order valence-electron chi connectivity index (χ3n) is 5.19. The van der Waals surface area contributed by atoms with Gasteiger partial charge in [0.1, 0.15) is 12.4 Å². The van der Waals surface area contributed by atoms with Gasteiger partial charge in [0, 0.05) is 16.6 Å². The van der Waals surface area contributed by atoms with E-state index in [1.807, 2.05) is 13.0 Å². The minimum Gasteiger partial charge on any atom is -0.480 e. The van der Waals surface area contributed by atoms with Crippen LogP contribution in [0, 0.1) is 12.7 Å². The molecule has 0 atom stereocenters. The molecule has 1 aliphatic rings. The molecule has 0 saturated heterocycles. The molecular weight excluding hydrogens is 369 g/mol. The molecule has 1 N–H and O–H groups in total. The van der Waals surface area contributed by atoms with Gasteiger partial charge in [-0.05, 0) is 60.7 Å². The van der Waals surface area contributed by atoms with Gasteiger partial charge in [-0.15, -0.1) is 0 Å². The van der Waals surface area contributed by atoms with Crippen molar-refractivity contribution in [3.8, 4) is 0 Å². The summed E-state index contributed by atoms with van der Waals surface area (Å²) in [4.78, 5) is 11.6. The molecule has 0 saturated carbocycles. The van der Waals surface area contributed by atoms with E-state index in [2.05, 4.69) is 0 Å². The molecule has 5 nitrogen and oxygen atoms in total. The van der Waals surface area contributed by atoms with Gasteiger partial charge in [-0.1, -0.05) is 12.1 Å². The van der Waals surface area contributed by atoms with E-state index in [1.54, 1.807) is 22.8 Å². The molecule has 0 amide bonds. The highest BCUT2D eigenvalue weighted by Gasteiger charge is 2.26. The summed E-state index contributed by atoms with van der Waals surface area (Å²) < 4.78 is 39.5. The third kappa shape index (κ3) is 3.02. The van der Waals surface area contributed by atoms with Crippen LogP contribution in [0.2, 0.25) is 0 Å². The summed E-state index contributed by atoms with van der Waals surface area (Å²) in [5.74, 6) is -1.21. The Hall–Kier alpha value is -2.67. The maximum Gasteiger partial charge on any atom is 0.323 e. The first-order chi connectivity index (χ1) is 12.8. The molecule has 2 heterocycles. The first-order valence-corrected chi connectivity index (χ1v) is 10.2. The first-order valence-electron chi connectivity index (χ1n) is 8.60. The van der Waals surface area contributed by atoms with Crippen LogP contribution in [-0.2, 0) is 34.0 Å². The Morgan fingerprint density at radius 3 is 2.74 bits per heavy atom. The van der Waals surface area contributed by atoms with Crippen molar-refractivity contribution in [1.29, 1.82) is 0 Å². The molecule has 0 spiro atoms. The first kappa shape index (κ1) is 17.7. The highest BCUT2D eigenvalue weighted by Crippen LogP contribution is 2.31. The summed E-state index contributed by atoms with van der Waals surface area (Å²) in [6.07, 6.45) is 0.978. The third-order valence-corrected chi connectivity index (χ3v) is 7.00. The predicted molar refractivity (Wildman–Crippen MR) is 99.3 cm³/mol. The number of nitrogens with zero attached hydrogens (tertiary/aromatic N) is 1. The summed E-state index contributed by atoms with van der Waals surface area (Å²) in [7, 11) is -3.17. The van der Waals surface area contributed by atoms with Crippen molar-refractivity contribution >= 4 is 26.7 Å². The maximum absolute atomic E-state index is 13.8. The number of halogens is 1. The molecule has 0 fully saturated rings. The Labute approximate surface area is 156 Å². The van der Waals surface area contributed by atoms with E-state index in [0.717, 1.165) is 22.4 Å². The quantitative estimate of drug-likeness (QED) is 0.746. The van der Waals surface area contributed by atoms with Crippen molar-refractivity contribution in [3.63, 3.8) is 0 Å². The Balaban J connectivity index is 1.82. The lowest BCUT2D eigenvalue weighted by atomic mass is 10.00. The molecular formula is C20H18FNO4S. The molecule has 1 aliphatic heterocycles. The Morgan fingerprint density at radius 2 is 2.00 bits per heavy atom. The number of carbonyl (C=O) groups is 1. The number of aromatic nitrogens is 1. The van der Waals surface area contributed by atoms with Crippen LogP contribution in [0.1, 0.15) is 22.4 Å². The molecule has 0 aliphatic carbocycles. The fourth-order valence-electron chi connectivity index (χ4n) is 3.89. The molecule has 0 unspecified atom stereocenters. The number of hydrogen-bond acceptors (Lipinski definition) is 3. The Bertz CT molecular complexity index is 1190. The van der Waals surface area contributed by atoms with Gasteiger partial charge in [0.05, 0.1) is 10.6 Å². The van der Waals surface area contributed by atoms with Gasteiger partial charge in [-0.25, -0.2) is 12.8 Å². The highest BCUT2D eigenvalue weighted by atomic mass is 32.2. The molecule has 27 heavy (non-hydrogen) atoms. The van der Waals surface area contributed by atoms with Crippen molar-refractivity contribution < 1.29 is 22.7 Å². The second kappa shape index (κ2) is 6.20. The maximum atomic E-state index is 13.8. The lowest BCUT2D eigenvalue weighted by Gasteiger charge is -2.07. The van der Waals surface area contributed by atoms with Crippen LogP contribution >= 0.6 is 0 Å². The van der Waals surface area contributed by atoms with Gasteiger partial charge < -0.3 is 9.67 Å². The number of fused-ring (bicyclic) bond motifs is 2. The number of aliphatic carboxylic acids is 1. The summed E-state index contributed by atoms with van der Waals surface area (Å²) in [5.41, 5.74) is 4.03. The predicted octanol–water partition coefficient (Wildman–Crippen LogP) is 3.09. The molecule has 7 heteroatoms. The molecule has 3 aromatic rings. The standard InChI is InChI=1S/C20H18FNO4S/c1-12-16(9-13-2-5-19-14(8-13)6-7-27(19,25)26)17-10-15(21)3-4-18(17)22(12)11-20(23)24/h2-5,8,10H,6-7,9,11H2,1H3,(H,23,24). The van der Waals surface area contributed by atoms with Gasteiger partial charge in [0.2, 0.25) is 0 Å². The number of aryl methyl sites for hydroxylation is 1. The number of rotatable bonds is 4. The van der Waals surface area contributed by atoms with Gasteiger partial charge in [0.15, 0.2) is 9.84 Å². The van der Waals surface area contributed by atoms with Gasteiger partial charge in [0.25, 0.3) is 0 Å². The van der Waals surface area contributed by atoms with Crippen LogP contribution in [-0.4, -0.2) is 29.8 Å². The van der Waals surface area contributed by atoms with Gasteiger partial charge in [-0.3, -0.25) is 4.79 Å². The molecule has 0 radical (unpaired) electrons. The van der Waals surface area contributed by atoms with Gasteiger partial charge >= 0.3 is 5.97 Å².